The van der Waals surface area contributed by atoms with Crippen LogP contribution in [0.3, 0.4) is 0 Å². The first-order valence-electron chi connectivity index (χ1n) is 6.15. The van der Waals surface area contributed by atoms with Gasteiger partial charge in [0.05, 0.1) is 0 Å². The quantitative estimate of drug-likeness (QED) is 0.200. The first-order chi connectivity index (χ1) is 10.1. The number of esters is 1. The van der Waals surface area contributed by atoms with Gasteiger partial charge in [-0.2, -0.15) is 5.26 Å². The Hall–Kier alpha value is -2.81. The predicted molar refractivity (Wildman–Crippen MR) is 78.4 cm³/mol. The Balaban J connectivity index is 2.76. The van der Waals surface area contributed by atoms with Gasteiger partial charge in [0.25, 0.3) is 0 Å². The van der Waals surface area contributed by atoms with Gasteiger partial charge in [-0.25, -0.2) is 4.79 Å². The van der Waals surface area contributed by atoms with Gasteiger partial charge in [0.2, 0.25) is 0 Å². The number of likely N-dealkylation sites (N-methyl/N-ethyl adjacent to an activating group) is 1. The minimum Gasteiger partial charge on any atom is -0.460 e. The van der Waals surface area contributed by atoms with Gasteiger partial charge in [-0.15, -0.1) is 0 Å². The van der Waals surface area contributed by atoms with Crippen molar-refractivity contribution < 1.29 is 9.53 Å². The van der Waals surface area contributed by atoms with Gasteiger partial charge in [-0.3, -0.25) is 0 Å². The standard InChI is InChI=1S/C14H15N5O2/c1-19(2)7-8-21-14(20)12(10-15)9-11-3-5-13(6-4-11)17-18-16/h3-6,9H,7-8H2,1-2H3. The molecule has 0 unspecified atom stereocenters. The molecule has 1 aromatic carbocycles. The summed E-state index contributed by atoms with van der Waals surface area (Å²) < 4.78 is 5.00. The lowest BCUT2D eigenvalue weighted by atomic mass is 10.1. The molecule has 108 valence electrons. The average molecular weight is 285 g/mol. The van der Waals surface area contributed by atoms with E-state index < -0.39 is 5.97 Å². The Morgan fingerprint density at radius 1 is 1.48 bits per heavy atom. The molecule has 0 atom stereocenters. The number of hydrogen-bond acceptors (Lipinski definition) is 5. The number of carbonyl (C=O) groups is 1. The Morgan fingerprint density at radius 3 is 2.67 bits per heavy atom. The summed E-state index contributed by atoms with van der Waals surface area (Å²) in [5.41, 5.74) is 9.33. The molecule has 0 aliphatic rings. The minimum atomic E-state index is -0.654. The zero-order valence-electron chi connectivity index (χ0n) is 11.9. The lowest BCUT2D eigenvalue weighted by Gasteiger charge is -2.09. The molecule has 0 fully saturated rings. The topological polar surface area (TPSA) is 102 Å². The summed E-state index contributed by atoms with van der Waals surface area (Å²) in [6, 6.07) is 8.30. The van der Waals surface area contributed by atoms with Crippen LogP contribution in [0.4, 0.5) is 5.69 Å². The van der Waals surface area contributed by atoms with Crippen LogP contribution in [0.2, 0.25) is 0 Å². The van der Waals surface area contributed by atoms with Crippen LogP contribution < -0.4 is 0 Å². The van der Waals surface area contributed by atoms with Crippen molar-refractivity contribution in [2.45, 2.75) is 0 Å². The average Bonchev–Trinajstić information content (AvgIpc) is 2.46. The number of ether oxygens (including phenoxy) is 1. The van der Waals surface area contributed by atoms with Crippen molar-refractivity contribution in [2.75, 3.05) is 27.2 Å². The lowest BCUT2D eigenvalue weighted by Crippen LogP contribution is -2.20. The highest BCUT2D eigenvalue weighted by atomic mass is 16.5. The van der Waals surface area contributed by atoms with Crippen molar-refractivity contribution >= 4 is 17.7 Å². The zero-order chi connectivity index (χ0) is 15.7. The molecule has 0 aliphatic heterocycles. The molecule has 0 saturated heterocycles. The molecule has 7 heteroatoms. The van der Waals surface area contributed by atoms with Crippen molar-refractivity contribution in [3.63, 3.8) is 0 Å². The van der Waals surface area contributed by atoms with E-state index in [1.807, 2.05) is 25.1 Å². The lowest BCUT2D eigenvalue weighted by molar-refractivity contribution is -0.138. The van der Waals surface area contributed by atoms with Crippen LogP contribution >= 0.6 is 0 Å². The third kappa shape index (κ3) is 5.78. The maximum atomic E-state index is 11.7. The molecule has 0 bridgehead atoms. The molecule has 0 saturated carbocycles. The van der Waals surface area contributed by atoms with Crippen molar-refractivity contribution in [1.29, 1.82) is 5.26 Å². The van der Waals surface area contributed by atoms with Crippen molar-refractivity contribution in [1.82, 2.24) is 4.90 Å². The summed E-state index contributed by atoms with van der Waals surface area (Å²) in [5.74, 6) is -0.654. The Morgan fingerprint density at radius 2 is 2.14 bits per heavy atom. The zero-order valence-corrected chi connectivity index (χ0v) is 11.9. The van der Waals surface area contributed by atoms with Crippen LogP contribution in [0.15, 0.2) is 35.0 Å². The summed E-state index contributed by atoms with van der Waals surface area (Å²) in [5, 5.41) is 12.4. The fraction of sp³-hybridized carbons (Fsp3) is 0.286. The van der Waals surface area contributed by atoms with Gasteiger partial charge >= 0.3 is 5.97 Å². The molecule has 1 rings (SSSR count). The fourth-order valence-electron chi connectivity index (χ4n) is 1.39. The fourth-order valence-corrected chi connectivity index (χ4v) is 1.39. The molecule has 21 heavy (non-hydrogen) atoms. The maximum Gasteiger partial charge on any atom is 0.348 e. The highest BCUT2D eigenvalue weighted by Crippen LogP contribution is 2.15. The summed E-state index contributed by atoms with van der Waals surface area (Å²) in [4.78, 5) is 16.3. The SMILES string of the molecule is CN(C)CCOC(=O)C(C#N)=Cc1ccc(N=[N+]=[N-])cc1. The summed E-state index contributed by atoms with van der Waals surface area (Å²) in [6.07, 6.45) is 1.43. The van der Waals surface area contributed by atoms with Gasteiger partial charge in [0.1, 0.15) is 18.2 Å². The minimum absolute atomic E-state index is 0.0784. The predicted octanol–water partition coefficient (Wildman–Crippen LogP) is 2.64. The van der Waals surface area contributed by atoms with Gasteiger partial charge < -0.3 is 9.64 Å². The third-order valence-electron chi connectivity index (χ3n) is 2.48. The monoisotopic (exact) mass is 285 g/mol. The van der Waals surface area contributed by atoms with E-state index in [1.54, 1.807) is 24.3 Å². The first kappa shape index (κ1) is 16.2. The van der Waals surface area contributed by atoms with E-state index in [0.717, 1.165) is 0 Å². The number of benzene rings is 1. The Kier molecular flexibility index (Phi) is 6.48. The summed E-state index contributed by atoms with van der Waals surface area (Å²) in [6.45, 7) is 0.811. The Bertz CT molecular complexity index is 607. The number of nitriles is 1. The first-order valence-corrected chi connectivity index (χ1v) is 6.15. The molecule has 7 nitrogen and oxygen atoms in total. The van der Waals surface area contributed by atoms with E-state index in [1.165, 1.54) is 6.08 Å². The van der Waals surface area contributed by atoms with Crippen molar-refractivity contribution in [2.24, 2.45) is 5.11 Å². The summed E-state index contributed by atoms with van der Waals surface area (Å²) >= 11 is 0. The second kappa shape index (κ2) is 8.38. The van der Waals surface area contributed by atoms with E-state index in [4.69, 9.17) is 15.5 Å². The normalized spacial score (nSPS) is 10.7. The highest BCUT2D eigenvalue weighted by molar-refractivity contribution is 5.97. The van der Waals surface area contributed by atoms with Crippen molar-refractivity contribution in [3.8, 4) is 6.07 Å². The molecular formula is C14H15N5O2. The largest absolute Gasteiger partial charge is 0.460 e. The van der Waals surface area contributed by atoms with E-state index in [9.17, 15) is 4.79 Å². The number of rotatable bonds is 6. The van der Waals surface area contributed by atoms with Gasteiger partial charge in [-0.05, 0) is 31.3 Å². The second-order valence-corrected chi connectivity index (χ2v) is 4.39. The van der Waals surface area contributed by atoms with E-state index in [-0.39, 0.29) is 12.2 Å². The van der Waals surface area contributed by atoms with Gasteiger partial charge in [-0.1, -0.05) is 29.4 Å². The number of nitrogens with zero attached hydrogens (tertiary/aromatic N) is 5. The molecular weight excluding hydrogens is 270 g/mol. The van der Waals surface area contributed by atoms with Crippen LogP contribution in [-0.2, 0) is 9.53 Å². The molecule has 0 aliphatic carbocycles. The maximum absolute atomic E-state index is 11.7. The molecule has 0 radical (unpaired) electrons. The van der Waals surface area contributed by atoms with Crippen LogP contribution in [-0.4, -0.2) is 38.1 Å². The van der Waals surface area contributed by atoms with E-state index in [0.29, 0.717) is 17.8 Å². The number of azide groups is 1. The number of hydrogen-bond donors (Lipinski definition) is 0. The summed E-state index contributed by atoms with van der Waals surface area (Å²) in [7, 11) is 3.72. The molecule has 1 aromatic rings. The van der Waals surface area contributed by atoms with Gasteiger partial charge in [0.15, 0.2) is 0 Å². The van der Waals surface area contributed by atoms with E-state index >= 15 is 0 Å². The molecule has 0 N–H and O–H groups in total. The smallest absolute Gasteiger partial charge is 0.348 e. The Labute approximate surface area is 122 Å². The van der Waals surface area contributed by atoms with Crippen LogP contribution in [0.1, 0.15) is 5.56 Å². The molecule has 0 heterocycles. The van der Waals surface area contributed by atoms with Crippen LogP contribution in [0.5, 0.6) is 0 Å². The van der Waals surface area contributed by atoms with Crippen molar-refractivity contribution in [3.05, 3.63) is 45.8 Å². The van der Waals surface area contributed by atoms with Crippen LogP contribution in [0.25, 0.3) is 16.5 Å². The van der Waals surface area contributed by atoms with E-state index in [2.05, 4.69) is 10.0 Å². The third-order valence-corrected chi connectivity index (χ3v) is 2.48. The van der Waals surface area contributed by atoms with Crippen LogP contribution in [0, 0.1) is 11.3 Å². The number of carbonyl (C=O) groups excluding carboxylic acids is 1. The molecule has 0 spiro atoms. The second-order valence-electron chi connectivity index (χ2n) is 4.39. The molecule has 0 amide bonds. The molecule has 0 aromatic heterocycles. The highest BCUT2D eigenvalue weighted by Gasteiger charge is 2.10. The van der Waals surface area contributed by atoms with Gasteiger partial charge in [0, 0.05) is 17.1 Å².